The highest BCUT2D eigenvalue weighted by Gasteiger charge is 2.66. The van der Waals surface area contributed by atoms with E-state index in [1.165, 1.54) is 6.92 Å². The van der Waals surface area contributed by atoms with E-state index >= 15 is 0 Å². The highest BCUT2D eigenvalue weighted by molar-refractivity contribution is 6.04. The van der Waals surface area contributed by atoms with E-state index in [1.807, 2.05) is 0 Å². The highest BCUT2D eigenvalue weighted by Crippen LogP contribution is 2.47. The number of esters is 3. The number of carbonyl (C=O) groups excluding carboxylic acids is 5. The molecule has 3 aliphatic rings. The zero-order valence-corrected chi connectivity index (χ0v) is 21.9. The number of fused-ring (bicyclic) bond motifs is 1. The number of nitrogens with zero attached hydrogens (tertiary/aromatic N) is 1. The summed E-state index contributed by atoms with van der Waals surface area (Å²) in [5.41, 5.74) is -3.43. The number of rotatable bonds is 3. The molecule has 36 heavy (non-hydrogen) atoms. The van der Waals surface area contributed by atoms with E-state index in [2.05, 4.69) is 0 Å². The summed E-state index contributed by atoms with van der Waals surface area (Å²) in [4.78, 5) is 64.2. The number of hydrogen-bond donors (Lipinski definition) is 0. The van der Waals surface area contributed by atoms with Gasteiger partial charge in [0.2, 0.25) is 0 Å². The topological polar surface area (TPSA) is 144 Å². The van der Waals surface area contributed by atoms with Gasteiger partial charge in [0, 0.05) is 19.8 Å². The van der Waals surface area contributed by atoms with Crippen LogP contribution in [-0.2, 0) is 47.6 Å². The van der Waals surface area contributed by atoms with Gasteiger partial charge in [-0.25, -0.2) is 14.5 Å². The molecule has 12 nitrogen and oxygen atoms in total. The molecule has 0 saturated carbocycles. The van der Waals surface area contributed by atoms with Gasteiger partial charge in [-0.3, -0.25) is 14.4 Å². The van der Waals surface area contributed by atoms with Gasteiger partial charge in [0.25, 0.3) is 5.91 Å². The third-order valence-corrected chi connectivity index (χ3v) is 6.10. The zero-order valence-electron chi connectivity index (χ0n) is 21.9. The molecule has 1 spiro atoms. The Hall–Kier alpha value is -2.73. The summed E-state index contributed by atoms with van der Waals surface area (Å²) in [6, 6.07) is -1.28. The Kier molecular flexibility index (Phi) is 7.44. The minimum atomic E-state index is -1.64. The molecule has 0 aromatic rings. The van der Waals surface area contributed by atoms with E-state index in [1.54, 1.807) is 41.5 Å². The first-order valence-electron chi connectivity index (χ1n) is 11.8. The van der Waals surface area contributed by atoms with E-state index in [-0.39, 0.29) is 19.4 Å². The Labute approximate surface area is 209 Å². The molecule has 0 bridgehead atoms. The molecule has 0 N–H and O–H groups in total. The van der Waals surface area contributed by atoms with Gasteiger partial charge in [-0.15, -0.1) is 0 Å². The molecule has 0 aromatic carbocycles. The van der Waals surface area contributed by atoms with Crippen LogP contribution in [-0.4, -0.2) is 90.2 Å². The van der Waals surface area contributed by atoms with Gasteiger partial charge in [0.05, 0.1) is 25.2 Å². The predicted octanol–water partition coefficient (Wildman–Crippen LogP) is 1.51. The highest BCUT2D eigenvalue weighted by atomic mass is 16.6. The van der Waals surface area contributed by atoms with Gasteiger partial charge < -0.3 is 28.4 Å². The van der Waals surface area contributed by atoms with Crippen molar-refractivity contribution in [2.45, 2.75) is 103 Å². The van der Waals surface area contributed by atoms with Crippen LogP contribution in [0, 0.1) is 5.41 Å². The Morgan fingerprint density at radius 2 is 1.67 bits per heavy atom. The number of imide groups is 1. The number of amides is 2. The lowest BCUT2D eigenvalue weighted by Gasteiger charge is -2.38. The maximum Gasteiger partial charge on any atom is 0.417 e. The maximum absolute atomic E-state index is 13.6. The molecule has 3 saturated heterocycles. The second kappa shape index (κ2) is 9.62. The summed E-state index contributed by atoms with van der Waals surface area (Å²) in [5.74, 6) is -2.75. The fourth-order valence-corrected chi connectivity index (χ4v) is 4.51. The number of likely N-dealkylation sites (tertiary alicyclic amines) is 1. The number of ether oxygens (including phenoxy) is 6. The quantitative estimate of drug-likeness (QED) is 0.400. The Morgan fingerprint density at radius 1 is 1.03 bits per heavy atom. The van der Waals surface area contributed by atoms with Gasteiger partial charge in [0.15, 0.2) is 17.8 Å². The lowest BCUT2D eigenvalue weighted by molar-refractivity contribution is -0.220. The van der Waals surface area contributed by atoms with Gasteiger partial charge in [-0.05, 0) is 41.5 Å². The monoisotopic (exact) mass is 513 g/mol. The van der Waals surface area contributed by atoms with Crippen molar-refractivity contribution >= 4 is 29.9 Å². The van der Waals surface area contributed by atoms with Crippen molar-refractivity contribution in [1.29, 1.82) is 0 Å². The van der Waals surface area contributed by atoms with Gasteiger partial charge in [0.1, 0.15) is 17.7 Å². The first-order chi connectivity index (χ1) is 16.5. The van der Waals surface area contributed by atoms with Crippen LogP contribution in [0.15, 0.2) is 0 Å². The van der Waals surface area contributed by atoms with Gasteiger partial charge in [-0.1, -0.05) is 0 Å². The first kappa shape index (κ1) is 27.9. The van der Waals surface area contributed by atoms with E-state index in [0.717, 1.165) is 7.11 Å². The predicted molar refractivity (Wildman–Crippen MR) is 120 cm³/mol. The average Bonchev–Trinajstić information content (AvgIpc) is 3.24. The SMILES string of the molecule is COC(=O)[C@@H]1C[C@@]2(C[C@H]3OC[C@H](OC(C)=O)[C@@H](OC(=O)C(C)(C)C)[C@H]3O2)C(=O)N1C(=O)OC(C)(C)C. The fraction of sp³-hybridized carbons (Fsp3) is 0.792. The molecular formula is C24H35NO11. The van der Waals surface area contributed by atoms with Gasteiger partial charge in [-0.2, -0.15) is 0 Å². The van der Waals surface area contributed by atoms with Crippen LogP contribution in [0.3, 0.4) is 0 Å². The molecule has 3 aliphatic heterocycles. The molecule has 0 aliphatic carbocycles. The van der Waals surface area contributed by atoms with Crippen molar-refractivity contribution < 1.29 is 52.4 Å². The third kappa shape index (κ3) is 5.49. The van der Waals surface area contributed by atoms with Crippen molar-refractivity contribution in [2.24, 2.45) is 5.41 Å². The van der Waals surface area contributed by atoms with Crippen molar-refractivity contribution in [3.63, 3.8) is 0 Å². The second-order valence-electron chi connectivity index (χ2n) is 11.3. The minimum absolute atomic E-state index is 0.0142. The van der Waals surface area contributed by atoms with E-state index in [0.29, 0.717) is 4.90 Å². The fourth-order valence-electron chi connectivity index (χ4n) is 4.51. The largest absolute Gasteiger partial charge is 0.467 e. The molecule has 3 fully saturated rings. The number of methoxy groups -OCH3 is 1. The molecule has 0 aromatic heterocycles. The number of carbonyl (C=O) groups is 5. The number of hydrogen-bond acceptors (Lipinski definition) is 11. The molecule has 0 unspecified atom stereocenters. The summed E-state index contributed by atoms with van der Waals surface area (Å²) in [7, 11) is 1.15. The van der Waals surface area contributed by atoms with Crippen LogP contribution >= 0.6 is 0 Å². The molecular weight excluding hydrogens is 478 g/mol. The van der Waals surface area contributed by atoms with Gasteiger partial charge >= 0.3 is 24.0 Å². The summed E-state index contributed by atoms with van der Waals surface area (Å²) in [5, 5.41) is 0. The minimum Gasteiger partial charge on any atom is -0.467 e. The standard InChI is InChI=1S/C24H35NO11/c1-12(26)33-15-11-32-14-10-24(35-17(14)16(15)34-20(29)22(2,3)4)9-13(18(27)31-8)25(19(24)28)21(30)36-23(5,6)7/h13-17H,9-11H2,1-8H3/t13-,14+,15-,16+,17-,24+/m0/s1. The molecule has 202 valence electrons. The van der Waals surface area contributed by atoms with Crippen LogP contribution in [0.2, 0.25) is 0 Å². The van der Waals surface area contributed by atoms with Crippen LogP contribution in [0.25, 0.3) is 0 Å². The van der Waals surface area contributed by atoms with Crippen molar-refractivity contribution in [3.8, 4) is 0 Å². The smallest absolute Gasteiger partial charge is 0.417 e. The van der Waals surface area contributed by atoms with Crippen LogP contribution in [0.4, 0.5) is 4.79 Å². The Morgan fingerprint density at radius 3 is 2.19 bits per heavy atom. The van der Waals surface area contributed by atoms with E-state index < -0.39 is 77.0 Å². The molecule has 6 atom stereocenters. The summed E-state index contributed by atoms with van der Waals surface area (Å²) in [6.07, 6.45) is -4.98. The molecule has 3 rings (SSSR count). The lowest BCUT2D eigenvalue weighted by Crippen LogP contribution is -2.55. The molecule has 12 heteroatoms. The molecule has 2 amide bonds. The van der Waals surface area contributed by atoms with Crippen LogP contribution in [0.5, 0.6) is 0 Å². The normalized spacial score (nSPS) is 32.2. The second-order valence-corrected chi connectivity index (χ2v) is 11.3. The van der Waals surface area contributed by atoms with Crippen molar-refractivity contribution in [1.82, 2.24) is 4.90 Å². The van der Waals surface area contributed by atoms with Crippen molar-refractivity contribution in [2.75, 3.05) is 13.7 Å². The van der Waals surface area contributed by atoms with Crippen LogP contribution in [0.1, 0.15) is 61.3 Å². The summed E-state index contributed by atoms with van der Waals surface area (Å²) >= 11 is 0. The zero-order chi connectivity index (χ0) is 27.2. The first-order valence-corrected chi connectivity index (χ1v) is 11.8. The van der Waals surface area contributed by atoms with Crippen molar-refractivity contribution in [3.05, 3.63) is 0 Å². The average molecular weight is 514 g/mol. The third-order valence-electron chi connectivity index (χ3n) is 6.10. The lowest BCUT2D eigenvalue weighted by atomic mass is 9.91. The summed E-state index contributed by atoms with van der Waals surface area (Å²) < 4.78 is 33.3. The Bertz CT molecular complexity index is 933. The van der Waals surface area contributed by atoms with E-state index in [9.17, 15) is 24.0 Å². The molecule has 3 heterocycles. The van der Waals surface area contributed by atoms with E-state index in [4.69, 9.17) is 28.4 Å². The Balaban J connectivity index is 1.94. The summed E-state index contributed by atoms with van der Waals surface area (Å²) in [6.45, 7) is 11.0. The van der Waals surface area contributed by atoms with Crippen LogP contribution < -0.4 is 0 Å². The molecule has 0 radical (unpaired) electrons. The maximum atomic E-state index is 13.6.